The van der Waals surface area contributed by atoms with Crippen LogP contribution in [-0.4, -0.2) is 47.9 Å². The molecule has 0 saturated carbocycles. The molecule has 0 unspecified atom stereocenters. The quantitative estimate of drug-likeness (QED) is 0.0983. The largest absolute Gasteiger partial charge is 0.493 e. The third-order valence-corrected chi connectivity index (χ3v) is 7.89. The minimum atomic E-state index is -0.123. The van der Waals surface area contributed by atoms with E-state index in [-0.39, 0.29) is 11.8 Å². The molecule has 4 aromatic rings. The molecule has 0 fully saturated rings. The molecule has 0 atom stereocenters. The van der Waals surface area contributed by atoms with E-state index in [1.807, 2.05) is 119 Å². The van der Waals surface area contributed by atoms with Crippen LogP contribution >= 0.6 is 0 Å². The van der Waals surface area contributed by atoms with Crippen molar-refractivity contribution in [3.05, 3.63) is 131 Å². The van der Waals surface area contributed by atoms with Gasteiger partial charge in [-0.3, -0.25) is 9.59 Å². The Labute approximate surface area is 275 Å². The minimum Gasteiger partial charge on any atom is -0.493 e. The average molecular weight is 621 g/mol. The van der Waals surface area contributed by atoms with E-state index in [1.54, 1.807) is 0 Å². The number of unbranched alkanes of at least 4 members (excludes halogenated alkanes) is 4. The number of para-hydroxylation sites is 2. The van der Waals surface area contributed by atoms with Gasteiger partial charge in [0.2, 0.25) is 0 Å². The number of carbonyl (C=O) groups is 2. The first-order valence-electron chi connectivity index (χ1n) is 16.7. The molecular formula is C40H48N2O4. The van der Waals surface area contributed by atoms with E-state index in [2.05, 4.69) is 13.8 Å². The second kappa shape index (κ2) is 19.1. The number of benzene rings is 4. The molecule has 4 aromatic carbocycles. The Morgan fingerprint density at radius 1 is 0.500 bits per heavy atom. The third kappa shape index (κ3) is 10.5. The van der Waals surface area contributed by atoms with Crippen molar-refractivity contribution in [2.45, 2.75) is 65.5 Å². The molecule has 2 amide bonds. The first-order chi connectivity index (χ1) is 22.6. The maximum absolute atomic E-state index is 14.2. The molecule has 0 aromatic heterocycles. The van der Waals surface area contributed by atoms with Gasteiger partial charge >= 0.3 is 0 Å². The number of nitrogens with zero attached hydrogens (tertiary/aromatic N) is 2. The highest BCUT2D eigenvalue weighted by atomic mass is 16.5. The van der Waals surface area contributed by atoms with Crippen molar-refractivity contribution in [2.75, 3.05) is 26.3 Å². The molecule has 6 heteroatoms. The molecule has 0 radical (unpaired) electrons. The first kappa shape index (κ1) is 34.3. The monoisotopic (exact) mass is 620 g/mol. The van der Waals surface area contributed by atoms with Gasteiger partial charge in [-0.15, -0.1) is 0 Å². The second-order valence-electron chi connectivity index (χ2n) is 11.5. The van der Waals surface area contributed by atoms with Gasteiger partial charge in [0.05, 0.1) is 24.3 Å². The van der Waals surface area contributed by atoms with Crippen LogP contribution in [0.2, 0.25) is 0 Å². The topological polar surface area (TPSA) is 59.1 Å². The Morgan fingerprint density at radius 3 is 1.26 bits per heavy atom. The van der Waals surface area contributed by atoms with E-state index < -0.39 is 0 Å². The molecule has 0 aliphatic heterocycles. The standard InChI is InChI=1S/C40H48N2O4/c1-3-5-17-29-45-37-25-15-13-23-35(37)39(43)41(31-33-19-9-7-10-20-33)27-28-42(32-34-21-11-8-12-22-34)40(44)36-24-14-16-26-38(36)46-30-18-6-4-2/h7-16,19-26H,3-6,17-18,27-32H2,1-2H3. The molecule has 0 spiro atoms. The van der Waals surface area contributed by atoms with Gasteiger partial charge in [0.25, 0.3) is 11.8 Å². The predicted octanol–water partition coefficient (Wildman–Crippen LogP) is 8.81. The van der Waals surface area contributed by atoms with Gasteiger partial charge in [-0.2, -0.15) is 0 Å². The van der Waals surface area contributed by atoms with Crippen LogP contribution in [0.1, 0.15) is 84.2 Å². The lowest BCUT2D eigenvalue weighted by Crippen LogP contribution is -2.41. The number of hydrogen-bond donors (Lipinski definition) is 0. The highest BCUT2D eigenvalue weighted by Crippen LogP contribution is 2.24. The van der Waals surface area contributed by atoms with Gasteiger partial charge in [0.15, 0.2) is 0 Å². The Kier molecular flexibility index (Phi) is 14.2. The second-order valence-corrected chi connectivity index (χ2v) is 11.5. The van der Waals surface area contributed by atoms with Gasteiger partial charge in [-0.1, -0.05) is 124 Å². The van der Waals surface area contributed by atoms with Crippen molar-refractivity contribution < 1.29 is 19.1 Å². The van der Waals surface area contributed by atoms with Crippen molar-refractivity contribution >= 4 is 11.8 Å². The van der Waals surface area contributed by atoms with Gasteiger partial charge < -0.3 is 19.3 Å². The number of ether oxygens (including phenoxy) is 2. The molecule has 4 rings (SSSR count). The molecule has 0 aliphatic rings. The Morgan fingerprint density at radius 2 is 0.870 bits per heavy atom. The van der Waals surface area contributed by atoms with Gasteiger partial charge in [-0.25, -0.2) is 0 Å². The van der Waals surface area contributed by atoms with Gasteiger partial charge in [0.1, 0.15) is 11.5 Å². The molecule has 46 heavy (non-hydrogen) atoms. The highest BCUT2D eigenvalue weighted by molar-refractivity contribution is 5.98. The lowest BCUT2D eigenvalue weighted by atomic mass is 10.1. The summed E-state index contributed by atoms with van der Waals surface area (Å²) < 4.78 is 12.2. The molecule has 0 saturated heterocycles. The lowest BCUT2D eigenvalue weighted by Gasteiger charge is -2.29. The molecule has 0 N–H and O–H groups in total. The summed E-state index contributed by atoms with van der Waals surface area (Å²) in [7, 11) is 0. The van der Waals surface area contributed by atoms with E-state index in [4.69, 9.17) is 9.47 Å². The van der Waals surface area contributed by atoms with E-state index in [9.17, 15) is 9.59 Å². The first-order valence-corrected chi connectivity index (χ1v) is 16.7. The van der Waals surface area contributed by atoms with E-state index in [0.29, 0.717) is 62.0 Å². The van der Waals surface area contributed by atoms with Crippen LogP contribution in [0.15, 0.2) is 109 Å². The van der Waals surface area contributed by atoms with Gasteiger partial charge in [0, 0.05) is 26.2 Å². The zero-order chi connectivity index (χ0) is 32.4. The summed E-state index contributed by atoms with van der Waals surface area (Å²) in [6, 6.07) is 34.9. The number of carbonyl (C=O) groups excluding carboxylic acids is 2. The number of amides is 2. The normalized spacial score (nSPS) is 10.7. The van der Waals surface area contributed by atoms with Crippen LogP contribution in [0.4, 0.5) is 0 Å². The summed E-state index contributed by atoms with van der Waals surface area (Å²) in [6.45, 7) is 6.95. The zero-order valence-electron chi connectivity index (χ0n) is 27.4. The van der Waals surface area contributed by atoms with Crippen LogP contribution in [0, 0.1) is 0 Å². The molecule has 242 valence electrons. The fraction of sp³-hybridized carbons (Fsp3) is 0.350. The molecule has 6 nitrogen and oxygen atoms in total. The van der Waals surface area contributed by atoms with Crippen molar-refractivity contribution in [1.29, 1.82) is 0 Å². The van der Waals surface area contributed by atoms with Gasteiger partial charge in [-0.05, 0) is 48.2 Å². The van der Waals surface area contributed by atoms with Crippen molar-refractivity contribution in [3.63, 3.8) is 0 Å². The molecule has 0 aliphatic carbocycles. The van der Waals surface area contributed by atoms with E-state index in [1.165, 1.54) is 0 Å². The number of hydrogen-bond acceptors (Lipinski definition) is 4. The Bertz CT molecular complexity index is 1360. The van der Waals surface area contributed by atoms with E-state index >= 15 is 0 Å². The smallest absolute Gasteiger partial charge is 0.257 e. The van der Waals surface area contributed by atoms with Crippen molar-refractivity contribution in [2.24, 2.45) is 0 Å². The van der Waals surface area contributed by atoms with E-state index in [0.717, 1.165) is 49.7 Å². The summed E-state index contributed by atoms with van der Waals surface area (Å²) in [4.78, 5) is 32.1. The van der Waals surface area contributed by atoms with Crippen molar-refractivity contribution in [3.8, 4) is 11.5 Å². The SMILES string of the molecule is CCCCCOc1ccccc1C(=O)N(CCN(Cc1ccccc1)C(=O)c1ccccc1OCCCCC)Cc1ccccc1. The lowest BCUT2D eigenvalue weighted by molar-refractivity contribution is 0.0639. The van der Waals surface area contributed by atoms with Crippen LogP contribution in [0.25, 0.3) is 0 Å². The third-order valence-electron chi connectivity index (χ3n) is 7.89. The van der Waals surface area contributed by atoms with Crippen molar-refractivity contribution in [1.82, 2.24) is 9.80 Å². The Balaban J connectivity index is 1.60. The van der Waals surface area contributed by atoms with Crippen LogP contribution in [0.5, 0.6) is 11.5 Å². The molecule has 0 bridgehead atoms. The summed E-state index contributed by atoms with van der Waals surface area (Å²) >= 11 is 0. The highest BCUT2D eigenvalue weighted by Gasteiger charge is 2.24. The fourth-order valence-electron chi connectivity index (χ4n) is 5.30. The minimum absolute atomic E-state index is 0.123. The summed E-state index contributed by atoms with van der Waals surface area (Å²) in [5, 5.41) is 0. The average Bonchev–Trinajstić information content (AvgIpc) is 3.10. The predicted molar refractivity (Wildman–Crippen MR) is 185 cm³/mol. The summed E-state index contributed by atoms with van der Waals surface area (Å²) in [6.07, 6.45) is 6.23. The summed E-state index contributed by atoms with van der Waals surface area (Å²) in [5.74, 6) is 0.935. The van der Waals surface area contributed by atoms with Crippen LogP contribution in [0.3, 0.4) is 0 Å². The fourth-order valence-corrected chi connectivity index (χ4v) is 5.30. The zero-order valence-corrected chi connectivity index (χ0v) is 27.4. The maximum Gasteiger partial charge on any atom is 0.257 e. The number of rotatable bonds is 19. The van der Waals surface area contributed by atoms with Crippen LogP contribution in [-0.2, 0) is 13.1 Å². The molecule has 0 heterocycles. The summed E-state index contributed by atoms with van der Waals surface area (Å²) in [5.41, 5.74) is 3.09. The molecular weight excluding hydrogens is 572 g/mol. The van der Waals surface area contributed by atoms with Crippen LogP contribution < -0.4 is 9.47 Å². The maximum atomic E-state index is 14.2. The Hall–Kier alpha value is -4.58.